The maximum atomic E-state index is 13.1. The number of thiophene rings is 1. The number of benzene rings is 1. The number of nitrogens with zero attached hydrogens (tertiary/aromatic N) is 1. The smallest absolute Gasteiger partial charge is 0.305 e. The lowest BCUT2D eigenvalue weighted by Gasteiger charge is -2.09. The molecule has 0 fully saturated rings. The summed E-state index contributed by atoms with van der Waals surface area (Å²) in [4.78, 5) is 15.4. The Morgan fingerprint density at radius 1 is 1.20 bits per heavy atom. The molecule has 2 aromatic heterocycles. The summed E-state index contributed by atoms with van der Waals surface area (Å²) in [6.07, 6.45) is -4.51. The van der Waals surface area contributed by atoms with Gasteiger partial charge in [-0.25, -0.2) is 4.79 Å². The number of hydrogen-bond donors (Lipinski definition) is 1. The van der Waals surface area contributed by atoms with E-state index in [9.17, 15) is 18.0 Å². The fourth-order valence-corrected chi connectivity index (χ4v) is 3.01. The molecule has 0 bridgehead atoms. The van der Waals surface area contributed by atoms with E-state index in [4.69, 9.17) is 0 Å². The van der Waals surface area contributed by atoms with Gasteiger partial charge in [-0.2, -0.15) is 13.2 Å². The summed E-state index contributed by atoms with van der Waals surface area (Å²) in [7, 11) is 0. The molecule has 0 aliphatic carbocycles. The van der Waals surface area contributed by atoms with Crippen molar-refractivity contribution >= 4 is 22.4 Å². The largest absolute Gasteiger partial charge is 0.418 e. The van der Waals surface area contributed by atoms with Crippen LogP contribution in [-0.4, -0.2) is 9.55 Å². The number of aromatic nitrogens is 2. The molecule has 3 aromatic rings. The van der Waals surface area contributed by atoms with Gasteiger partial charge in [0.1, 0.15) is 5.00 Å². The van der Waals surface area contributed by atoms with Crippen molar-refractivity contribution < 1.29 is 13.2 Å². The van der Waals surface area contributed by atoms with Crippen LogP contribution in [-0.2, 0) is 6.18 Å². The van der Waals surface area contributed by atoms with Crippen LogP contribution in [0.15, 0.2) is 35.1 Å². The highest BCUT2D eigenvalue weighted by atomic mass is 32.1. The summed E-state index contributed by atoms with van der Waals surface area (Å²) in [6.45, 7) is 1.83. The molecule has 0 spiro atoms. The van der Waals surface area contributed by atoms with Crippen molar-refractivity contribution in [1.82, 2.24) is 9.55 Å². The molecule has 1 aromatic carbocycles. The van der Waals surface area contributed by atoms with Crippen LogP contribution in [0.2, 0.25) is 0 Å². The van der Waals surface area contributed by atoms with Gasteiger partial charge in [-0.05, 0) is 31.2 Å². The molecule has 7 heteroatoms. The molecule has 0 aliphatic rings. The Morgan fingerprint density at radius 2 is 1.95 bits per heavy atom. The van der Waals surface area contributed by atoms with Gasteiger partial charge >= 0.3 is 11.9 Å². The zero-order valence-corrected chi connectivity index (χ0v) is 11.1. The first-order valence-electron chi connectivity index (χ1n) is 5.75. The van der Waals surface area contributed by atoms with E-state index in [1.807, 2.05) is 6.92 Å². The highest BCUT2D eigenvalue weighted by Crippen LogP contribution is 2.35. The van der Waals surface area contributed by atoms with Crippen molar-refractivity contribution in [3.8, 4) is 5.00 Å². The van der Waals surface area contributed by atoms with Crippen LogP contribution in [0, 0.1) is 6.92 Å². The molecule has 0 saturated heterocycles. The Bertz CT molecular complexity index is 841. The highest BCUT2D eigenvalue weighted by molar-refractivity contribution is 7.14. The fourth-order valence-electron chi connectivity index (χ4n) is 2.14. The van der Waals surface area contributed by atoms with E-state index in [2.05, 4.69) is 4.98 Å². The predicted molar refractivity (Wildman–Crippen MR) is 71.5 cm³/mol. The van der Waals surface area contributed by atoms with Crippen LogP contribution in [0.5, 0.6) is 0 Å². The van der Waals surface area contributed by atoms with Gasteiger partial charge in [0.15, 0.2) is 0 Å². The normalized spacial score (nSPS) is 12.2. The monoisotopic (exact) mass is 298 g/mol. The minimum absolute atomic E-state index is 0.133. The van der Waals surface area contributed by atoms with Gasteiger partial charge in [-0.1, -0.05) is 6.07 Å². The van der Waals surface area contributed by atoms with Gasteiger partial charge in [-0.3, -0.25) is 4.57 Å². The second-order valence-electron chi connectivity index (χ2n) is 4.35. The van der Waals surface area contributed by atoms with Crippen LogP contribution < -0.4 is 5.69 Å². The van der Waals surface area contributed by atoms with E-state index in [-0.39, 0.29) is 11.0 Å². The topological polar surface area (TPSA) is 37.8 Å². The Balaban J connectivity index is 2.43. The van der Waals surface area contributed by atoms with Gasteiger partial charge in [-0.15, -0.1) is 11.3 Å². The lowest BCUT2D eigenvalue weighted by molar-refractivity contribution is -0.136. The molecule has 20 heavy (non-hydrogen) atoms. The van der Waals surface area contributed by atoms with Crippen LogP contribution in [0.25, 0.3) is 16.0 Å². The average Bonchev–Trinajstić information content (AvgIpc) is 2.89. The van der Waals surface area contributed by atoms with Gasteiger partial charge in [0, 0.05) is 4.88 Å². The first-order chi connectivity index (χ1) is 9.38. The highest BCUT2D eigenvalue weighted by Gasteiger charge is 2.34. The van der Waals surface area contributed by atoms with E-state index >= 15 is 0 Å². The number of fused-ring (bicyclic) bond motifs is 1. The average molecular weight is 298 g/mol. The number of halogens is 3. The molecule has 0 amide bonds. The van der Waals surface area contributed by atoms with Crippen molar-refractivity contribution in [3.63, 3.8) is 0 Å². The van der Waals surface area contributed by atoms with E-state index < -0.39 is 17.4 Å². The number of para-hydroxylation sites is 1. The quantitative estimate of drug-likeness (QED) is 0.730. The fraction of sp³-hybridized carbons (Fsp3) is 0.154. The van der Waals surface area contributed by atoms with E-state index in [1.54, 1.807) is 12.1 Å². The molecule has 0 aliphatic heterocycles. The van der Waals surface area contributed by atoms with Crippen LogP contribution in [0.3, 0.4) is 0 Å². The van der Waals surface area contributed by atoms with Crippen LogP contribution >= 0.6 is 11.3 Å². The second kappa shape index (κ2) is 4.24. The lowest BCUT2D eigenvalue weighted by atomic mass is 10.2. The molecule has 2 heterocycles. The number of imidazole rings is 1. The van der Waals surface area contributed by atoms with Crippen molar-refractivity contribution in [2.75, 3.05) is 0 Å². The van der Waals surface area contributed by atoms with Crippen molar-refractivity contribution in [1.29, 1.82) is 0 Å². The Morgan fingerprint density at radius 3 is 2.55 bits per heavy atom. The van der Waals surface area contributed by atoms with E-state index in [0.29, 0.717) is 5.00 Å². The summed E-state index contributed by atoms with van der Waals surface area (Å²) < 4.78 is 40.4. The first-order valence-corrected chi connectivity index (χ1v) is 6.57. The SMILES string of the molecule is Cc1ccc(-n2c(=O)[nH]c3cccc(C(F)(F)F)c32)s1. The third kappa shape index (κ3) is 1.94. The second-order valence-corrected chi connectivity index (χ2v) is 5.62. The standard InChI is InChI=1S/C13H9F3N2OS/c1-7-5-6-10(20-7)18-11-8(13(14,15)16)3-2-4-9(11)17-12(18)19/h2-6H,1H3,(H,17,19). The van der Waals surface area contributed by atoms with Gasteiger partial charge in [0.05, 0.1) is 16.6 Å². The Labute approximate surface area is 115 Å². The number of rotatable bonds is 1. The Kier molecular flexibility index (Phi) is 2.75. The van der Waals surface area contributed by atoms with Crippen molar-refractivity contribution in [3.05, 3.63) is 51.3 Å². The van der Waals surface area contributed by atoms with E-state index in [0.717, 1.165) is 15.5 Å². The Hall–Kier alpha value is -2.02. The summed E-state index contributed by atoms with van der Waals surface area (Å²) >= 11 is 1.27. The summed E-state index contributed by atoms with van der Waals surface area (Å²) in [6, 6.07) is 7.13. The summed E-state index contributed by atoms with van der Waals surface area (Å²) in [5.74, 6) is 0. The minimum Gasteiger partial charge on any atom is -0.305 e. The number of aryl methyl sites for hydroxylation is 1. The number of aromatic amines is 1. The molecule has 0 saturated carbocycles. The van der Waals surface area contributed by atoms with Gasteiger partial charge in [0.2, 0.25) is 0 Å². The first kappa shape index (κ1) is 13.0. The number of alkyl halides is 3. The molecular formula is C13H9F3N2OS. The van der Waals surface area contributed by atoms with Crippen molar-refractivity contribution in [2.45, 2.75) is 13.1 Å². The zero-order valence-electron chi connectivity index (χ0n) is 10.3. The van der Waals surface area contributed by atoms with Gasteiger partial charge in [0.25, 0.3) is 0 Å². The van der Waals surface area contributed by atoms with E-state index in [1.165, 1.54) is 23.5 Å². The predicted octanol–water partition coefficient (Wildman–Crippen LogP) is 3.71. The molecule has 0 atom stereocenters. The minimum atomic E-state index is -4.51. The molecule has 1 N–H and O–H groups in total. The maximum Gasteiger partial charge on any atom is 0.418 e. The molecule has 0 unspecified atom stereocenters. The molecular weight excluding hydrogens is 289 g/mol. The lowest BCUT2D eigenvalue weighted by Crippen LogP contribution is -2.15. The number of nitrogens with one attached hydrogen (secondary N) is 1. The van der Waals surface area contributed by atoms with Crippen molar-refractivity contribution in [2.24, 2.45) is 0 Å². The number of hydrogen-bond acceptors (Lipinski definition) is 2. The summed E-state index contributed by atoms with van der Waals surface area (Å²) in [5, 5.41) is 0.468. The third-order valence-corrected chi connectivity index (χ3v) is 3.94. The molecule has 104 valence electrons. The third-order valence-electron chi connectivity index (χ3n) is 2.96. The molecule has 0 radical (unpaired) electrons. The summed E-state index contributed by atoms with van der Waals surface area (Å²) in [5.41, 5.74) is -1.35. The zero-order chi connectivity index (χ0) is 14.5. The van der Waals surface area contributed by atoms with Gasteiger partial charge < -0.3 is 4.98 Å². The maximum absolute atomic E-state index is 13.1. The van der Waals surface area contributed by atoms with Crippen LogP contribution in [0.1, 0.15) is 10.4 Å². The molecule has 3 rings (SSSR count). The molecule has 3 nitrogen and oxygen atoms in total. The number of H-pyrrole nitrogens is 1. The van der Waals surface area contributed by atoms with Crippen LogP contribution in [0.4, 0.5) is 13.2 Å².